The van der Waals surface area contributed by atoms with Crippen molar-refractivity contribution in [2.75, 3.05) is 5.73 Å². The van der Waals surface area contributed by atoms with Crippen molar-refractivity contribution in [3.63, 3.8) is 0 Å². The van der Waals surface area contributed by atoms with Gasteiger partial charge in [0.25, 0.3) is 0 Å². The molecule has 21 heavy (non-hydrogen) atoms. The highest BCUT2D eigenvalue weighted by molar-refractivity contribution is 5.54. The van der Waals surface area contributed by atoms with Crippen molar-refractivity contribution in [3.05, 3.63) is 64.2 Å². The zero-order valence-electron chi connectivity index (χ0n) is 13.2. The van der Waals surface area contributed by atoms with Crippen molar-refractivity contribution in [1.82, 2.24) is 0 Å². The maximum atomic E-state index is 5.81. The predicted molar refractivity (Wildman–Crippen MR) is 91.4 cm³/mol. The molecule has 2 N–H and O–H groups in total. The van der Waals surface area contributed by atoms with Crippen molar-refractivity contribution < 1.29 is 0 Å². The van der Waals surface area contributed by atoms with Crippen molar-refractivity contribution >= 4 is 5.69 Å². The molecular formula is C20H23N. The van der Waals surface area contributed by atoms with Crippen LogP contribution in [-0.2, 0) is 19.3 Å². The summed E-state index contributed by atoms with van der Waals surface area (Å²) in [6.45, 7) is 6.59. The molecule has 0 saturated heterocycles. The molecule has 0 fully saturated rings. The average Bonchev–Trinajstić information content (AvgIpc) is 2.52. The van der Waals surface area contributed by atoms with Gasteiger partial charge in [-0.15, -0.1) is 0 Å². The third kappa shape index (κ3) is 3.67. The monoisotopic (exact) mass is 277 g/mol. The highest BCUT2D eigenvalue weighted by Crippen LogP contribution is 2.19. The maximum Gasteiger partial charge on any atom is 0.0326 e. The molecule has 0 aliphatic heterocycles. The summed E-state index contributed by atoms with van der Waals surface area (Å²) in [6, 6.07) is 12.3. The number of nitrogens with two attached hydrogens (primary N) is 1. The molecule has 2 rings (SSSR count). The molecule has 108 valence electrons. The molecular weight excluding hydrogens is 254 g/mol. The van der Waals surface area contributed by atoms with Gasteiger partial charge in [-0.05, 0) is 54.2 Å². The topological polar surface area (TPSA) is 26.0 Å². The first-order chi connectivity index (χ1) is 10.2. The molecule has 0 saturated carbocycles. The Morgan fingerprint density at radius 2 is 1.52 bits per heavy atom. The van der Waals surface area contributed by atoms with Crippen molar-refractivity contribution in [3.8, 4) is 11.8 Å². The zero-order valence-corrected chi connectivity index (χ0v) is 13.2. The highest BCUT2D eigenvalue weighted by atomic mass is 14.5. The maximum absolute atomic E-state index is 5.81. The van der Waals surface area contributed by atoms with E-state index in [4.69, 9.17) is 5.73 Å². The molecule has 0 aromatic heterocycles. The normalized spacial score (nSPS) is 10.0. The summed E-state index contributed by atoms with van der Waals surface area (Å²) < 4.78 is 0. The van der Waals surface area contributed by atoms with E-state index in [1.165, 1.54) is 22.3 Å². The van der Waals surface area contributed by atoms with Crippen LogP contribution in [0, 0.1) is 11.8 Å². The fraction of sp³-hybridized carbons (Fsp3) is 0.300. The van der Waals surface area contributed by atoms with Crippen LogP contribution < -0.4 is 5.73 Å². The number of aryl methyl sites for hydroxylation is 3. The molecule has 0 aliphatic rings. The van der Waals surface area contributed by atoms with Crippen LogP contribution in [-0.4, -0.2) is 0 Å². The largest absolute Gasteiger partial charge is 0.399 e. The molecule has 0 unspecified atom stereocenters. The van der Waals surface area contributed by atoms with E-state index in [1.54, 1.807) is 0 Å². The lowest BCUT2D eigenvalue weighted by Gasteiger charge is -2.10. The van der Waals surface area contributed by atoms with E-state index in [9.17, 15) is 0 Å². The van der Waals surface area contributed by atoms with Gasteiger partial charge in [0.15, 0.2) is 0 Å². The Kier molecular flexibility index (Phi) is 5.06. The van der Waals surface area contributed by atoms with Gasteiger partial charge in [0.2, 0.25) is 0 Å². The van der Waals surface area contributed by atoms with Gasteiger partial charge < -0.3 is 5.73 Å². The molecule has 1 heteroatoms. The smallest absolute Gasteiger partial charge is 0.0326 e. The van der Waals surface area contributed by atoms with E-state index in [1.807, 2.05) is 24.3 Å². The first-order valence-corrected chi connectivity index (χ1v) is 7.70. The first kappa shape index (κ1) is 15.2. The molecule has 0 atom stereocenters. The minimum absolute atomic E-state index is 0.759. The lowest BCUT2D eigenvalue weighted by Crippen LogP contribution is -1.98. The molecule has 0 amide bonds. The van der Waals surface area contributed by atoms with E-state index in [0.717, 1.165) is 30.5 Å². The molecule has 0 spiro atoms. The van der Waals surface area contributed by atoms with Crippen LogP contribution in [0.25, 0.3) is 0 Å². The molecule has 0 bridgehead atoms. The summed E-state index contributed by atoms with van der Waals surface area (Å²) in [4.78, 5) is 0. The van der Waals surface area contributed by atoms with E-state index in [0.29, 0.717) is 0 Å². The summed E-state index contributed by atoms with van der Waals surface area (Å²) >= 11 is 0. The van der Waals surface area contributed by atoms with Crippen molar-refractivity contribution in [1.29, 1.82) is 0 Å². The second-order valence-corrected chi connectivity index (χ2v) is 5.23. The van der Waals surface area contributed by atoms with Crippen molar-refractivity contribution in [2.45, 2.75) is 40.0 Å². The van der Waals surface area contributed by atoms with Crippen LogP contribution in [0.15, 0.2) is 36.4 Å². The predicted octanol–water partition coefficient (Wildman–Crippen LogP) is 4.36. The number of hydrogen-bond acceptors (Lipinski definition) is 1. The zero-order chi connectivity index (χ0) is 15.2. The summed E-state index contributed by atoms with van der Waals surface area (Å²) in [7, 11) is 0. The van der Waals surface area contributed by atoms with Gasteiger partial charge in [0.05, 0.1) is 0 Å². The molecule has 0 heterocycles. The minimum Gasteiger partial charge on any atom is -0.399 e. The number of anilines is 1. The molecule has 2 aromatic rings. The fourth-order valence-electron chi connectivity index (χ4n) is 2.51. The molecule has 0 aliphatic carbocycles. The van der Waals surface area contributed by atoms with Crippen LogP contribution in [0.5, 0.6) is 0 Å². The van der Waals surface area contributed by atoms with E-state index < -0.39 is 0 Å². The van der Waals surface area contributed by atoms with E-state index >= 15 is 0 Å². The lowest BCUT2D eigenvalue weighted by atomic mass is 9.94. The SMILES string of the molecule is CCc1cc(CC)c(C#Cc2cccc(N)c2)c(CC)c1. The number of rotatable bonds is 3. The van der Waals surface area contributed by atoms with Crippen LogP contribution in [0.3, 0.4) is 0 Å². The van der Waals surface area contributed by atoms with E-state index in [-0.39, 0.29) is 0 Å². The van der Waals surface area contributed by atoms with Gasteiger partial charge in [-0.25, -0.2) is 0 Å². The van der Waals surface area contributed by atoms with Crippen LogP contribution in [0.1, 0.15) is 48.6 Å². The van der Waals surface area contributed by atoms with Crippen LogP contribution in [0.4, 0.5) is 5.69 Å². The molecule has 2 aromatic carbocycles. The van der Waals surface area contributed by atoms with Crippen LogP contribution in [0.2, 0.25) is 0 Å². The quantitative estimate of drug-likeness (QED) is 0.655. The fourth-order valence-corrected chi connectivity index (χ4v) is 2.51. The number of nitrogen functional groups attached to an aromatic ring is 1. The number of benzene rings is 2. The Hall–Kier alpha value is -2.20. The Balaban J connectivity index is 2.49. The highest BCUT2D eigenvalue weighted by Gasteiger charge is 2.06. The van der Waals surface area contributed by atoms with Gasteiger partial charge in [-0.2, -0.15) is 0 Å². The third-order valence-corrected chi connectivity index (χ3v) is 3.75. The van der Waals surface area contributed by atoms with Gasteiger partial charge in [0, 0.05) is 16.8 Å². The lowest BCUT2D eigenvalue weighted by molar-refractivity contribution is 1.03. The number of hydrogen-bond donors (Lipinski definition) is 1. The molecule has 1 nitrogen and oxygen atoms in total. The van der Waals surface area contributed by atoms with Gasteiger partial charge >= 0.3 is 0 Å². The Labute approximate surface area is 128 Å². The Morgan fingerprint density at radius 1 is 0.857 bits per heavy atom. The summed E-state index contributed by atoms with van der Waals surface area (Å²) in [5, 5.41) is 0. The summed E-state index contributed by atoms with van der Waals surface area (Å²) in [6.07, 6.45) is 3.10. The summed E-state index contributed by atoms with van der Waals surface area (Å²) in [5.74, 6) is 6.63. The van der Waals surface area contributed by atoms with Gasteiger partial charge in [-0.3, -0.25) is 0 Å². The summed E-state index contributed by atoms with van der Waals surface area (Å²) in [5.41, 5.74) is 12.8. The minimum atomic E-state index is 0.759. The van der Waals surface area contributed by atoms with E-state index in [2.05, 4.69) is 44.7 Å². The first-order valence-electron chi connectivity index (χ1n) is 7.70. The van der Waals surface area contributed by atoms with Crippen LogP contribution >= 0.6 is 0 Å². The molecule has 0 radical (unpaired) electrons. The standard InChI is InChI=1S/C20H23N/c1-4-15-12-17(5-2)20(18(6-3)13-15)11-10-16-8-7-9-19(21)14-16/h7-9,12-14H,4-6,21H2,1-3H3. The Morgan fingerprint density at radius 3 is 2.05 bits per heavy atom. The van der Waals surface area contributed by atoms with Crippen molar-refractivity contribution in [2.24, 2.45) is 0 Å². The Bertz CT molecular complexity index is 661. The third-order valence-electron chi connectivity index (χ3n) is 3.75. The van der Waals surface area contributed by atoms with Gasteiger partial charge in [0.1, 0.15) is 0 Å². The van der Waals surface area contributed by atoms with Gasteiger partial charge in [-0.1, -0.05) is 50.8 Å². The second kappa shape index (κ2) is 6.99. The second-order valence-electron chi connectivity index (χ2n) is 5.23. The average molecular weight is 277 g/mol.